The Morgan fingerprint density at radius 3 is 2.41 bits per heavy atom. The average molecular weight is 287 g/mol. The van der Waals surface area contributed by atoms with Crippen LogP contribution < -0.4 is 9.44 Å². The first-order chi connectivity index (χ1) is 7.80. The van der Waals surface area contributed by atoms with Crippen LogP contribution in [0.3, 0.4) is 0 Å². The molecule has 1 unspecified atom stereocenters. The van der Waals surface area contributed by atoms with Crippen LogP contribution in [-0.2, 0) is 14.9 Å². The molecule has 0 heterocycles. The van der Waals surface area contributed by atoms with E-state index in [9.17, 15) is 13.2 Å². The van der Waals surface area contributed by atoms with E-state index in [1.807, 2.05) is 6.92 Å². The number of carbonyl (C=O) groups excluding carboxylic acids is 1. The molecule has 0 fully saturated rings. The van der Waals surface area contributed by atoms with Gasteiger partial charge in [0.1, 0.15) is 0 Å². The highest BCUT2D eigenvalue weighted by Gasteiger charge is 2.19. The summed E-state index contributed by atoms with van der Waals surface area (Å²) in [5.74, 6) is 0.345. The Bertz CT molecular complexity index is 332. The van der Waals surface area contributed by atoms with Crippen molar-refractivity contribution in [1.29, 1.82) is 0 Å². The normalized spacial score (nSPS) is 13.5. The Kier molecular flexibility index (Phi) is 7.49. The zero-order valence-electron chi connectivity index (χ0n) is 10.2. The Morgan fingerprint density at radius 1 is 1.41 bits per heavy atom. The van der Waals surface area contributed by atoms with Crippen molar-refractivity contribution in [3.63, 3.8) is 0 Å². The molecule has 0 aromatic carbocycles. The number of carbonyl (C=O) groups is 1. The lowest BCUT2D eigenvalue weighted by Gasteiger charge is -2.16. The van der Waals surface area contributed by atoms with Crippen LogP contribution in [0.4, 0.5) is 4.79 Å². The third-order valence-corrected chi connectivity index (χ3v) is 3.13. The summed E-state index contributed by atoms with van der Waals surface area (Å²) in [6.07, 6.45) is -0.284. The lowest BCUT2D eigenvalue weighted by Crippen LogP contribution is -2.45. The molecular formula is C9H19ClN2O4S. The lowest BCUT2D eigenvalue weighted by atomic mass is 10.2. The van der Waals surface area contributed by atoms with Crippen LogP contribution in [0.25, 0.3) is 0 Å². The van der Waals surface area contributed by atoms with Gasteiger partial charge in [0.25, 0.3) is 0 Å². The van der Waals surface area contributed by atoms with Gasteiger partial charge in [-0.2, -0.15) is 13.1 Å². The molecule has 0 rings (SSSR count). The molecular weight excluding hydrogens is 268 g/mol. The van der Waals surface area contributed by atoms with Crippen molar-refractivity contribution in [2.45, 2.75) is 45.8 Å². The topological polar surface area (TPSA) is 84.5 Å². The van der Waals surface area contributed by atoms with Crippen molar-refractivity contribution in [3.8, 4) is 0 Å². The molecule has 2 N–H and O–H groups in total. The van der Waals surface area contributed by atoms with E-state index in [0.717, 1.165) is 0 Å². The van der Waals surface area contributed by atoms with Crippen molar-refractivity contribution in [3.05, 3.63) is 0 Å². The van der Waals surface area contributed by atoms with E-state index in [-0.39, 0.29) is 12.1 Å². The molecule has 6 nitrogen and oxygen atoms in total. The quantitative estimate of drug-likeness (QED) is 0.692. The van der Waals surface area contributed by atoms with Gasteiger partial charge in [-0.05, 0) is 26.7 Å². The molecule has 0 aromatic rings. The summed E-state index contributed by atoms with van der Waals surface area (Å²) < 4.78 is 31.8. The highest BCUT2D eigenvalue weighted by molar-refractivity contribution is 7.88. The highest BCUT2D eigenvalue weighted by atomic mass is 35.5. The molecule has 0 spiro atoms. The largest absolute Gasteiger partial charge is 0.446 e. The number of rotatable bonds is 7. The zero-order chi connectivity index (χ0) is 13.5. The predicted molar refractivity (Wildman–Crippen MR) is 66.2 cm³/mol. The molecule has 0 saturated carbocycles. The van der Waals surface area contributed by atoms with E-state index in [4.69, 9.17) is 11.6 Å². The van der Waals surface area contributed by atoms with Crippen LogP contribution in [0, 0.1) is 0 Å². The van der Waals surface area contributed by atoms with Crippen LogP contribution in [0.5, 0.6) is 0 Å². The van der Waals surface area contributed by atoms with E-state index >= 15 is 0 Å². The molecule has 1 atom stereocenters. The standard InChI is InChI=1S/C9H19ClN2O4S/c1-4-8(5-6-10)11-17(14,15)12-9(13)16-7(2)3/h7-8,11H,4-6H2,1-3H3,(H,12,13). The molecule has 0 aromatic heterocycles. The van der Waals surface area contributed by atoms with Crippen LogP contribution in [0.2, 0.25) is 0 Å². The Hall–Kier alpha value is -0.530. The minimum atomic E-state index is -3.89. The Balaban J connectivity index is 4.32. The first-order valence-electron chi connectivity index (χ1n) is 5.37. The number of halogens is 1. The predicted octanol–water partition coefficient (Wildman–Crippen LogP) is 1.36. The van der Waals surface area contributed by atoms with Crippen molar-refractivity contribution in [1.82, 2.24) is 9.44 Å². The highest BCUT2D eigenvalue weighted by Crippen LogP contribution is 2.01. The van der Waals surface area contributed by atoms with Crippen LogP contribution >= 0.6 is 11.6 Å². The molecule has 1 amide bonds. The zero-order valence-corrected chi connectivity index (χ0v) is 11.8. The summed E-state index contributed by atoms with van der Waals surface area (Å²) in [4.78, 5) is 11.1. The van der Waals surface area contributed by atoms with Gasteiger partial charge in [-0.3, -0.25) is 0 Å². The second kappa shape index (κ2) is 7.73. The van der Waals surface area contributed by atoms with Gasteiger partial charge in [-0.15, -0.1) is 11.6 Å². The molecule has 0 aliphatic rings. The van der Waals surface area contributed by atoms with Gasteiger partial charge >= 0.3 is 16.3 Å². The van der Waals surface area contributed by atoms with Crippen LogP contribution in [-0.4, -0.2) is 32.5 Å². The maximum Gasteiger partial charge on any atom is 0.422 e. The molecule has 0 radical (unpaired) electrons. The van der Waals surface area contributed by atoms with Gasteiger partial charge < -0.3 is 4.74 Å². The van der Waals surface area contributed by atoms with Gasteiger partial charge in [0, 0.05) is 11.9 Å². The summed E-state index contributed by atoms with van der Waals surface area (Å²) in [7, 11) is -3.89. The third kappa shape index (κ3) is 8.23. The molecule has 8 heteroatoms. The smallest absolute Gasteiger partial charge is 0.422 e. The summed E-state index contributed by atoms with van der Waals surface area (Å²) in [5, 5.41) is 0. The SMILES string of the molecule is CCC(CCCl)NS(=O)(=O)NC(=O)OC(C)C. The molecule has 0 aliphatic heterocycles. The van der Waals surface area contributed by atoms with E-state index in [1.165, 1.54) is 0 Å². The number of ether oxygens (including phenoxy) is 1. The average Bonchev–Trinajstić information content (AvgIpc) is 2.14. The maximum absolute atomic E-state index is 11.5. The molecule has 17 heavy (non-hydrogen) atoms. The third-order valence-electron chi connectivity index (χ3n) is 1.83. The van der Waals surface area contributed by atoms with E-state index in [0.29, 0.717) is 18.7 Å². The van der Waals surface area contributed by atoms with E-state index in [1.54, 1.807) is 18.6 Å². The fraction of sp³-hybridized carbons (Fsp3) is 0.889. The van der Waals surface area contributed by atoms with Crippen molar-refractivity contribution in [2.75, 3.05) is 5.88 Å². The molecule has 0 bridgehead atoms. The molecule has 0 saturated heterocycles. The summed E-state index contributed by atoms with van der Waals surface area (Å²) in [6.45, 7) is 5.08. The van der Waals surface area contributed by atoms with Gasteiger partial charge in [0.2, 0.25) is 0 Å². The van der Waals surface area contributed by atoms with Crippen molar-refractivity contribution < 1.29 is 17.9 Å². The second-order valence-electron chi connectivity index (χ2n) is 3.76. The number of alkyl halides is 1. The fourth-order valence-corrected chi connectivity index (χ4v) is 2.39. The minimum absolute atomic E-state index is 0.295. The first kappa shape index (κ1) is 16.5. The number of hydrogen-bond donors (Lipinski definition) is 2. The van der Waals surface area contributed by atoms with E-state index < -0.39 is 16.3 Å². The molecule has 102 valence electrons. The van der Waals surface area contributed by atoms with E-state index in [2.05, 4.69) is 9.46 Å². The Labute approximate surface area is 107 Å². The van der Waals surface area contributed by atoms with Gasteiger partial charge in [0.15, 0.2) is 0 Å². The fourth-order valence-electron chi connectivity index (χ4n) is 1.07. The van der Waals surface area contributed by atoms with Gasteiger partial charge in [-0.1, -0.05) is 6.92 Å². The van der Waals surface area contributed by atoms with Crippen LogP contribution in [0.15, 0.2) is 0 Å². The second-order valence-corrected chi connectivity index (χ2v) is 5.58. The monoisotopic (exact) mass is 286 g/mol. The Morgan fingerprint density at radius 2 is 2.00 bits per heavy atom. The maximum atomic E-state index is 11.5. The minimum Gasteiger partial charge on any atom is -0.446 e. The summed E-state index contributed by atoms with van der Waals surface area (Å²) in [6, 6.07) is -0.295. The number of hydrogen-bond acceptors (Lipinski definition) is 4. The first-order valence-corrected chi connectivity index (χ1v) is 7.39. The van der Waals surface area contributed by atoms with Gasteiger partial charge in [-0.25, -0.2) is 9.52 Å². The van der Waals surface area contributed by atoms with Crippen molar-refractivity contribution >= 4 is 27.9 Å². The number of amides is 1. The molecule has 0 aliphatic carbocycles. The van der Waals surface area contributed by atoms with Crippen LogP contribution in [0.1, 0.15) is 33.6 Å². The number of nitrogens with one attached hydrogen (secondary N) is 2. The summed E-state index contributed by atoms with van der Waals surface area (Å²) >= 11 is 5.53. The summed E-state index contributed by atoms with van der Waals surface area (Å²) in [5.41, 5.74) is 0. The van der Waals surface area contributed by atoms with Crippen molar-refractivity contribution in [2.24, 2.45) is 0 Å². The van der Waals surface area contributed by atoms with Gasteiger partial charge in [0.05, 0.1) is 6.10 Å². The lowest BCUT2D eigenvalue weighted by molar-refractivity contribution is 0.121.